The van der Waals surface area contributed by atoms with Gasteiger partial charge in [-0.15, -0.1) is 24.0 Å². The van der Waals surface area contributed by atoms with Gasteiger partial charge < -0.3 is 0 Å². The summed E-state index contributed by atoms with van der Waals surface area (Å²) in [5, 5.41) is 1.12. The number of hydrogen-bond acceptors (Lipinski definition) is 0. The van der Waals surface area contributed by atoms with Gasteiger partial charge in [0.15, 0.2) is 0 Å². The Labute approximate surface area is 89.1 Å². The van der Waals surface area contributed by atoms with E-state index in [9.17, 15) is 0 Å². The SMILES string of the molecule is Cl.Clc1c[c-]ccc1Cl.[Zn]. The number of benzene rings is 1. The van der Waals surface area contributed by atoms with Gasteiger partial charge in [-0.05, 0) is 0 Å². The van der Waals surface area contributed by atoms with Gasteiger partial charge in [0, 0.05) is 19.5 Å². The van der Waals surface area contributed by atoms with Crippen LogP contribution in [0.5, 0.6) is 0 Å². The van der Waals surface area contributed by atoms with Crippen LogP contribution in [-0.2, 0) is 19.5 Å². The molecule has 0 N–H and O–H groups in total. The van der Waals surface area contributed by atoms with Crippen molar-refractivity contribution in [2.75, 3.05) is 0 Å². The van der Waals surface area contributed by atoms with Crippen molar-refractivity contribution in [1.82, 2.24) is 0 Å². The minimum atomic E-state index is 0. The van der Waals surface area contributed by atoms with Crippen molar-refractivity contribution in [2.45, 2.75) is 0 Å². The van der Waals surface area contributed by atoms with Crippen LogP contribution in [0.3, 0.4) is 0 Å². The molecule has 1 aromatic carbocycles. The van der Waals surface area contributed by atoms with Gasteiger partial charge in [0.1, 0.15) is 0 Å². The molecule has 0 saturated heterocycles. The average molecular weight is 248 g/mol. The fourth-order valence-electron chi connectivity index (χ4n) is 0.391. The summed E-state index contributed by atoms with van der Waals surface area (Å²) in [4.78, 5) is 0. The molecule has 0 aromatic heterocycles. The first kappa shape index (κ1) is 13.3. The monoisotopic (exact) mass is 245 g/mol. The Bertz CT molecular complexity index is 169. The van der Waals surface area contributed by atoms with Crippen molar-refractivity contribution in [3.63, 3.8) is 0 Å². The van der Waals surface area contributed by atoms with Gasteiger partial charge in [-0.1, -0.05) is 10.0 Å². The van der Waals surface area contributed by atoms with Crippen LogP contribution in [0.25, 0.3) is 0 Å². The van der Waals surface area contributed by atoms with E-state index < -0.39 is 0 Å². The number of hydrogen-bond donors (Lipinski definition) is 0. The summed E-state index contributed by atoms with van der Waals surface area (Å²) in [6.07, 6.45) is 0. The second-order valence-corrected chi connectivity index (χ2v) is 2.15. The largest absolute Gasteiger partial charge is 0.182 e. The van der Waals surface area contributed by atoms with Crippen LogP contribution in [0.2, 0.25) is 10.0 Å². The minimum absolute atomic E-state index is 0. The first-order valence-electron chi connectivity index (χ1n) is 2.12. The van der Waals surface area contributed by atoms with Crippen molar-refractivity contribution in [3.8, 4) is 0 Å². The predicted octanol–water partition coefficient (Wildman–Crippen LogP) is 3.21. The van der Waals surface area contributed by atoms with E-state index >= 15 is 0 Å². The summed E-state index contributed by atoms with van der Waals surface area (Å²) < 4.78 is 0. The molecule has 0 radical (unpaired) electrons. The predicted molar refractivity (Wildman–Crippen MR) is 42.5 cm³/mol. The molecule has 0 heterocycles. The van der Waals surface area contributed by atoms with E-state index in [0.717, 1.165) is 0 Å². The van der Waals surface area contributed by atoms with E-state index in [1.807, 2.05) is 0 Å². The summed E-state index contributed by atoms with van der Waals surface area (Å²) >= 11 is 11.1. The minimum Gasteiger partial charge on any atom is -0.182 e. The van der Waals surface area contributed by atoms with E-state index in [4.69, 9.17) is 23.2 Å². The van der Waals surface area contributed by atoms with Crippen LogP contribution in [0.15, 0.2) is 18.2 Å². The van der Waals surface area contributed by atoms with Gasteiger partial charge in [-0.2, -0.15) is 35.9 Å². The molecule has 0 amide bonds. The van der Waals surface area contributed by atoms with Crippen molar-refractivity contribution >= 4 is 35.6 Å². The fourth-order valence-corrected chi connectivity index (χ4v) is 0.635. The summed E-state index contributed by atoms with van der Waals surface area (Å²) in [6.45, 7) is 0. The van der Waals surface area contributed by atoms with Gasteiger partial charge in [0.25, 0.3) is 0 Å². The fraction of sp³-hybridized carbons (Fsp3) is 0. The summed E-state index contributed by atoms with van der Waals surface area (Å²) in [6, 6.07) is 7.83. The quantitative estimate of drug-likeness (QED) is 0.488. The number of rotatable bonds is 0. The molecule has 0 spiro atoms. The third-order valence-corrected chi connectivity index (χ3v) is 1.50. The third kappa shape index (κ3) is 3.78. The molecule has 1 aromatic rings. The van der Waals surface area contributed by atoms with Gasteiger partial charge in [-0.3, -0.25) is 0 Å². The molecule has 0 aliphatic heterocycles. The van der Waals surface area contributed by atoms with Crippen LogP contribution in [0, 0.1) is 6.07 Å². The second-order valence-electron chi connectivity index (χ2n) is 1.34. The molecule has 4 heteroatoms. The Morgan fingerprint density at radius 2 is 1.80 bits per heavy atom. The van der Waals surface area contributed by atoms with Crippen LogP contribution in [0.1, 0.15) is 0 Å². The van der Waals surface area contributed by atoms with E-state index in [2.05, 4.69) is 6.07 Å². The molecule has 0 nitrogen and oxygen atoms in total. The Kier molecular flexibility index (Phi) is 8.55. The van der Waals surface area contributed by atoms with Crippen molar-refractivity contribution in [3.05, 3.63) is 34.3 Å². The van der Waals surface area contributed by atoms with Crippen LogP contribution < -0.4 is 0 Å². The molecule has 0 unspecified atom stereocenters. The smallest absolute Gasteiger partial charge is 0 e. The summed E-state index contributed by atoms with van der Waals surface area (Å²) in [5.74, 6) is 0. The van der Waals surface area contributed by atoms with E-state index in [1.54, 1.807) is 18.2 Å². The van der Waals surface area contributed by atoms with E-state index in [-0.39, 0.29) is 31.9 Å². The Morgan fingerprint density at radius 1 is 1.20 bits per heavy atom. The normalized spacial score (nSPS) is 7.40. The van der Waals surface area contributed by atoms with Crippen LogP contribution in [-0.4, -0.2) is 0 Å². The molecule has 0 fully saturated rings. The standard InChI is InChI=1S/C6H3Cl2.ClH.Zn/c7-5-3-1-2-4-6(5)8;;/h1,3-4H;1H;/q-1;;. The first-order valence-corrected chi connectivity index (χ1v) is 2.87. The zero-order valence-corrected chi connectivity index (χ0v) is 10.4. The maximum absolute atomic E-state index is 5.56. The molecule has 10 heavy (non-hydrogen) atoms. The Balaban J connectivity index is 0. The topological polar surface area (TPSA) is 0 Å². The molecule has 0 bridgehead atoms. The van der Waals surface area contributed by atoms with Gasteiger partial charge in [0.05, 0.1) is 0 Å². The van der Waals surface area contributed by atoms with Crippen molar-refractivity contribution < 1.29 is 19.5 Å². The van der Waals surface area contributed by atoms with Gasteiger partial charge in [-0.25, -0.2) is 0 Å². The van der Waals surface area contributed by atoms with E-state index in [0.29, 0.717) is 10.0 Å². The van der Waals surface area contributed by atoms with Gasteiger partial charge >= 0.3 is 0 Å². The zero-order chi connectivity index (χ0) is 5.98. The van der Waals surface area contributed by atoms with Crippen molar-refractivity contribution in [1.29, 1.82) is 0 Å². The number of halogens is 3. The Morgan fingerprint density at radius 3 is 2.10 bits per heavy atom. The molecular formula is C6H4Cl3Zn-. The molecular weight excluding hydrogens is 244 g/mol. The molecule has 0 atom stereocenters. The Hall–Kier alpha value is 0.713. The molecule has 1 rings (SSSR count). The van der Waals surface area contributed by atoms with Crippen LogP contribution in [0.4, 0.5) is 0 Å². The van der Waals surface area contributed by atoms with Crippen molar-refractivity contribution in [2.24, 2.45) is 0 Å². The summed E-state index contributed by atoms with van der Waals surface area (Å²) in [5.41, 5.74) is 0. The zero-order valence-electron chi connectivity index (χ0n) is 5.10. The van der Waals surface area contributed by atoms with Crippen LogP contribution >= 0.6 is 35.6 Å². The molecule has 0 saturated carbocycles. The average Bonchev–Trinajstić information content (AvgIpc) is 1.77. The molecule has 52 valence electrons. The first-order chi connectivity index (χ1) is 3.80. The molecule has 0 aliphatic rings. The molecule has 0 aliphatic carbocycles. The summed E-state index contributed by atoms with van der Waals surface area (Å²) in [7, 11) is 0. The third-order valence-electron chi connectivity index (χ3n) is 0.764. The maximum Gasteiger partial charge on any atom is 0 e. The van der Waals surface area contributed by atoms with Gasteiger partial charge in [0.2, 0.25) is 0 Å². The van der Waals surface area contributed by atoms with E-state index in [1.165, 1.54) is 0 Å². The second kappa shape index (κ2) is 6.43. The maximum atomic E-state index is 5.56.